The van der Waals surface area contributed by atoms with Gasteiger partial charge in [-0.05, 0) is 74.0 Å². The molecule has 4 heteroatoms. The topological polar surface area (TPSA) is 80.9 Å². The summed E-state index contributed by atoms with van der Waals surface area (Å²) < 4.78 is 0. The predicted octanol–water partition coefficient (Wildman–Crippen LogP) is 1.70. The SMILES string of the molecule is C#C[C@]1(O)CC[C@H]2[C@@H]3[C@H](O)CC4[C@H](O)[C@@H](O)CC[C@]4(C)[C@H]3CC[C@@]21C. The van der Waals surface area contributed by atoms with E-state index in [1.54, 1.807) is 0 Å². The van der Waals surface area contributed by atoms with Crippen LogP contribution >= 0.6 is 0 Å². The van der Waals surface area contributed by atoms with E-state index in [4.69, 9.17) is 6.42 Å². The second kappa shape index (κ2) is 5.45. The molecular weight excluding hydrogens is 316 g/mol. The van der Waals surface area contributed by atoms with Gasteiger partial charge in [0, 0.05) is 5.41 Å². The van der Waals surface area contributed by atoms with Gasteiger partial charge < -0.3 is 20.4 Å². The Morgan fingerprint density at radius 2 is 1.56 bits per heavy atom. The molecule has 4 aliphatic rings. The summed E-state index contributed by atoms with van der Waals surface area (Å²) in [6, 6.07) is 0. The van der Waals surface area contributed by atoms with Crippen LogP contribution in [0.3, 0.4) is 0 Å². The normalized spacial score (nSPS) is 60.9. The van der Waals surface area contributed by atoms with Gasteiger partial charge in [0.15, 0.2) is 0 Å². The fourth-order valence-corrected chi connectivity index (χ4v) is 7.52. The number of hydrogen-bond acceptors (Lipinski definition) is 4. The highest BCUT2D eigenvalue weighted by molar-refractivity contribution is 5.24. The highest BCUT2D eigenvalue weighted by Gasteiger charge is 2.67. The average Bonchev–Trinajstić information content (AvgIpc) is 2.86. The van der Waals surface area contributed by atoms with Gasteiger partial charge in [-0.3, -0.25) is 0 Å². The van der Waals surface area contributed by atoms with Crippen LogP contribution in [-0.2, 0) is 0 Å². The van der Waals surface area contributed by atoms with Gasteiger partial charge in [0.25, 0.3) is 0 Å². The van der Waals surface area contributed by atoms with Crippen LogP contribution in [0.4, 0.5) is 0 Å². The Labute approximate surface area is 150 Å². The minimum atomic E-state index is -1.07. The van der Waals surface area contributed by atoms with E-state index in [-0.39, 0.29) is 28.6 Å². The Kier molecular flexibility index (Phi) is 3.88. The number of rotatable bonds is 0. The van der Waals surface area contributed by atoms with Gasteiger partial charge >= 0.3 is 0 Å². The van der Waals surface area contributed by atoms with Gasteiger partial charge in [0.05, 0.1) is 18.3 Å². The molecule has 4 N–H and O–H groups in total. The first-order valence-corrected chi connectivity index (χ1v) is 9.92. The van der Waals surface area contributed by atoms with Crippen LogP contribution in [0.5, 0.6) is 0 Å². The molecule has 4 aliphatic carbocycles. The van der Waals surface area contributed by atoms with E-state index in [0.29, 0.717) is 25.2 Å². The van der Waals surface area contributed by atoms with E-state index in [2.05, 4.69) is 19.8 Å². The van der Waals surface area contributed by atoms with E-state index in [1.165, 1.54) is 0 Å². The van der Waals surface area contributed by atoms with E-state index in [1.807, 2.05) is 0 Å². The standard InChI is InChI=1S/C21H32O4/c1-4-21(25)10-6-13-17-12(5-9-20(13,21)3)19(2)8-7-15(22)18(24)14(19)11-16(17)23/h1,12-18,22-25H,5-11H2,2-3H3/t12-,13-,14?,15-,16+,17+,18-,19+,20-,21-/m0/s1. The van der Waals surface area contributed by atoms with E-state index in [9.17, 15) is 20.4 Å². The molecule has 140 valence electrons. The van der Waals surface area contributed by atoms with Gasteiger partial charge in [-0.2, -0.15) is 0 Å². The van der Waals surface area contributed by atoms with Crippen LogP contribution < -0.4 is 0 Å². The molecule has 0 amide bonds. The lowest BCUT2D eigenvalue weighted by Crippen LogP contribution is -2.63. The molecule has 4 saturated carbocycles. The van der Waals surface area contributed by atoms with Crippen LogP contribution in [0.2, 0.25) is 0 Å². The molecule has 0 aromatic rings. The van der Waals surface area contributed by atoms with Gasteiger partial charge in [0.1, 0.15) is 5.60 Å². The quantitative estimate of drug-likeness (QED) is 0.502. The molecule has 0 spiro atoms. The molecule has 0 aromatic heterocycles. The summed E-state index contributed by atoms with van der Waals surface area (Å²) in [5, 5.41) is 42.7. The molecule has 0 bridgehead atoms. The predicted molar refractivity (Wildman–Crippen MR) is 94.3 cm³/mol. The summed E-state index contributed by atoms with van der Waals surface area (Å²) in [6.07, 6.45) is 9.13. The maximum absolute atomic E-state index is 11.0. The lowest BCUT2D eigenvalue weighted by Gasteiger charge is -2.63. The zero-order valence-corrected chi connectivity index (χ0v) is 15.4. The highest BCUT2D eigenvalue weighted by atomic mass is 16.3. The third kappa shape index (κ3) is 2.10. The van der Waals surface area contributed by atoms with Crippen molar-refractivity contribution < 1.29 is 20.4 Å². The molecule has 0 aliphatic heterocycles. The van der Waals surface area contributed by atoms with Crippen molar-refractivity contribution in [3.8, 4) is 12.3 Å². The maximum Gasteiger partial charge on any atom is 0.130 e. The van der Waals surface area contributed by atoms with Crippen LogP contribution in [0, 0.1) is 46.8 Å². The minimum Gasteiger partial charge on any atom is -0.393 e. The molecule has 10 atom stereocenters. The van der Waals surface area contributed by atoms with Gasteiger partial charge in [-0.15, -0.1) is 6.42 Å². The van der Waals surface area contributed by atoms with Gasteiger partial charge in [-0.25, -0.2) is 0 Å². The van der Waals surface area contributed by atoms with Gasteiger partial charge in [-0.1, -0.05) is 19.8 Å². The zero-order chi connectivity index (χ0) is 18.2. The molecule has 25 heavy (non-hydrogen) atoms. The van der Waals surface area contributed by atoms with Crippen molar-refractivity contribution in [1.82, 2.24) is 0 Å². The largest absolute Gasteiger partial charge is 0.393 e. The Bertz CT molecular complexity index is 599. The first kappa shape index (κ1) is 17.8. The van der Waals surface area contributed by atoms with Crippen molar-refractivity contribution in [2.24, 2.45) is 34.5 Å². The number of aliphatic hydroxyl groups is 4. The number of fused-ring (bicyclic) bond motifs is 5. The molecule has 4 nitrogen and oxygen atoms in total. The van der Waals surface area contributed by atoms with Gasteiger partial charge in [0.2, 0.25) is 0 Å². The number of aliphatic hydroxyl groups excluding tert-OH is 3. The summed E-state index contributed by atoms with van der Waals surface area (Å²) in [7, 11) is 0. The Balaban J connectivity index is 1.71. The molecule has 0 aromatic carbocycles. The first-order valence-electron chi connectivity index (χ1n) is 9.92. The van der Waals surface area contributed by atoms with Crippen LogP contribution in [0.1, 0.15) is 58.8 Å². The van der Waals surface area contributed by atoms with Crippen molar-refractivity contribution >= 4 is 0 Å². The smallest absolute Gasteiger partial charge is 0.130 e. The maximum atomic E-state index is 11.0. The molecular formula is C21H32O4. The highest BCUT2D eigenvalue weighted by Crippen LogP contribution is 2.68. The van der Waals surface area contributed by atoms with Crippen molar-refractivity contribution in [1.29, 1.82) is 0 Å². The monoisotopic (exact) mass is 348 g/mol. The summed E-state index contributed by atoms with van der Waals surface area (Å²) in [6.45, 7) is 4.36. The third-order valence-corrected chi connectivity index (χ3v) is 9.14. The fraction of sp³-hybridized carbons (Fsp3) is 0.905. The summed E-state index contributed by atoms with van der Waals surface area (Å²) >= 11 is 0. The Morgan fingerprint density at radius 3 is 2.24 bits per heavy atom. The van der Waals surface area contributed by atoms with Crippen LogP contribution in [0.25, 0.3) is 0 Å². The van der Waals surface area contributed by atoms with Crippen molar-refractivity contribution in [3.05, 3.63) is 0 Å². The number of hydrogen-bond donors (Lipinski definition) is 4. The first-order chi connectivity index (χ1) is 11.7. The van der Waals surface area contributed by atoms with E-state index >= 15 is 0 Å². The zero-order valence-electron chi connectivity index (χ0n) is 15.4. The van der Waals surface area contributed by atoms with Crippen molar-refractivity contribution in [3.63, 3.8) is 0 Å². The van der Waals surface area contributed by atoms with E-state index < -0.39 is 23.9 Å². The van der Waals surface area contributed by atoms with Crippen LogP contribution in [0.15, 0.2) is 0 Å². The minimum absolute atomic E-state index is 0.0511. The number of terminal acetylenes is 1. The van der Waals surface area contributed by atoms with Crippen molar-refractivity contribution in [2.75, 3.05) is 0 Å². The molecule has 0 radical (unpaired) electrons. The molecule has 1 unspecified atom stereocenters. The fourth-order valence-electron chi connectivity index (χ4n) is 7.52. The average molecular weight is 348 g/mol. The molecule has 4 rings (SSSR count). The lowest BCUT2D eigenvalue weighted by atomic mass is 9.43. The summed E-state index contributed by atoms with van der Waals surface area (Å²) in [5.41, 5.74) is -1.46. The lowest BCUT2D eigenvalue weighted by molar-refractivity contribution is -0.212. The Hall–Kier alpha value is -0.600. The molecule has 0 saturated heterocycles. The van der Waals surface area contributed by atoms with E-state index in [0.717, 1.165) is 25.7 Å². The van der Waals surface area contributed by atoms with Crippen molar-refractivity contribution in [2.45, 2.75) is 82.7 Å². The molecule has 4 fully saturated rings. The second-order valence-electron chi connectivity index (χ2n) is 9.80. The van der Waals surface area contributed by atoms with Crippen LogP contribution in [-0.4, -0.2) is 44.3 Å². The second-order valence-corrected chi connectivity index (χ2v) is 9.80. The third-order valence-electron chi connectivity index (χ3n) is 9.14. The summed E-state index contributed by atoms with van der Waals surface area (Å²) in [5.74, 6) is 3.30. The molecule has 0 heterocycles. The summed E-state index contributed by atoms with van der Waals surface area (Å²) in [4.78, 5) is 0. The Morgan fingerprint density at radius 1 is 0.880 bits per heavy atom.